The van der Waals surface area contributed by atoms with Crippen LogP contribution in [0.4, 0.5) is 20.3 Å². The van der Waals surface area contributed by atoms with Crippen molar-refractivity contribution in [2.75, 3.05) is 5.32 Å². The van der Waals surface area contributed by atoms with Crippen LogP contribution in [0, 0.1) is 17.2 Å². The lowest BCUT2D eigenvalue weighted by atomic mass is 9.84. The van der Waals surface area contributed by atoms with Gasteiger partial charge in [0.05, 0.1) is 36.0 Å². The second-order valence-electron chi connectivity index (χ2n) is 6.40. The third-order valence-corrected chi connectivity index (χ3v) is 4.56. The summed E-state index contributed by atoms with van der Waals surface area (Å²) in [6, 6.07) is 4.43. The van der Waals surface area contributed by atoms with Crippen LogP contribution in [0.3, 0.4) is 0 Å². The van der Waals surface area contributed by atoms with Crippen molar-refractivity contribution in [3.8, 4) is 6.07 Å². The fourth-order valence-electron chi connectivity index (χ4n) is 3.17. The number of aliphatic hydroxyl groups excluding tert-OH is 1. The summed E-state index contributed by atoms with van der Waals surface area (Å²) < 4.78 is 26.7. The second-order valence-corrected chi connectivity index (χ2v) is 6.40. The lowest BCUT2D eigenvalue weighted by Gasteiger charge is -2.30. The molecule has 0 saturated heterocycles. The highest BCUT2D eigenvalue weighted by Gasteiger charge is 2.32. The van der Waals surface area contributed by atoms with E-state index in [1.54, 1.807) is 0 Å². The molecule has 27 heavy (non-hydrogen) atoms. The first-order valence-corrected chi connectivity index (χ1v) is 8.36. The van der Waals surface area contributed by atoms with Gasteiger partial charge in [0, 0.05) is 6.20 Å². The summed E-state index contributed by atoms with van der Waals surface area (Å²) in [5.41, 5.74) is 5.52. The predicted molar refractivity (Wildman–Crippen MR) is 91.2 cm³/mol. The highest BCUT2D eigenvalue weighted by molar-refractivity contribution is 5.98. The smallest absolute Gasteiger partial charge is 0.280 e. The number of halogens is 2. The van der Waals surface area contributed by atoms with Gasteiger partial charge in [-0.05, 0) is 31.4 Å². The lowest BCUT2D eigenvalue weighted by Crippen LogP contribution is -2.29. The van der Waals surface area contributed by atoms with Crippen LogP contribution in [0.25, 0.3) is 0 Å². The fourth-order valence-corrected chi connectivity index (χ4v) is 3.17. The average molecular weight is 376 g/mol. The number of nitrogens with one attached hydrogen (secondary N) is 1. The monoisotopic (exact) mass is 376 g/mol. The maximum absolute atomic E-state index is 12.6. The first kappa shape index (κ1) is 18.7. The number of amides is 1. The van der Waals surface area contributed by atoms with Gasteiger partial charge in [0.2, 0.25) is 0 Å². The van der Waals surface area contributed by atoms with E-state index in [2.05, 4.69) is 21.5 Å². The second kappa shape index (κ2) is 7.67. The Kier molecular flexibility index (Phi) is 5.32. The number of pyridine rings is 1. The summed E-state index contributed by atoms with van der Waals surface area (Å²) in [5.74, 6) is -1.02. The molecule has 0 aliphatic heterocycles. The standard InChI is InChI=1S/C17H18F2N6O2/c18-15(19)13-3-1-10(7-22-13)23-17-12(16(21)27)8-25(24-17)14-4-2-11(26)5-9(14)6-20/h1,3,7-9,11,14-15,26H,2,4-5H2,(H2,21,27)(H,23,24). The van der Waals surface area contributed by atoms with Gasteiger partial charge in [0.1, 0.15) is 11.3 Å². The van der Waals surface area contributed by atoms with E-state index in [9.17, 15) is 23.9 Å². The Bertz CT molecular complexity index is 861. The molecular formula is C17H18F2N6O2. The molecule has 10 heteroatoms. The van der Waals surface area contributed by atoms with Crippen LogP contribution in [0.1, 0.15) is 47.8 Å². The molecule has 142 valence electrons. The number of carbonyl (C=O) groups excluding carboxylic acids is 1. The van der Waals surface area contributed by atoms with Crippen molar-refractivity contribution in [3.05, 3.63) is 35.8 Å². The van der Waals surface area contributed by atoms with Gasteiger partial charge in [-0.15, -0.1) is 0 Å². The quantitative estimate of drug-likeness (QED) is 0.734. The summed E-state index contributed by atoms with van der Waals surface area (Å²) in [5, 5.41) is 26.3. The number of nitriles is 1. The number of aromatic nitrogens is 3. The molecule has 2 heterocycles. The van der Waals surface area contributed by atoms with Crippen molar-refractivity contribution < 1.29 is 18.7 Å². The molecule has 3 unspecified atom stereocenters. The van der Waals surface area contributed by atoms with Gasteiger partial charge in [-0.2, -0.15) is 10.4 Å². The number of aliphatic hydroxyl groups is 1. The van der Waals surface area contributed by atoms with Gasteiger partial charge in [-0.25, -0.2) is 8.78 Å². The summed E-state index contributed by atoms with van der Waals surface area (Å²) >= 11 is 0. The summed E-state index contributed by atoms with van der Waals surface area (Å²) in [6.45, 7) is 0. The van der Waals surface area contributed by atoms with Crippen molar-refractivity contribution >= 4 is 17.4 Å². The topological polar surface area (TPSA) is 130 Å². The zero-order chi connectivity index (χ0) is 19.6. The summed E-state index contributed by atoms with van der Waals surface area (Å²) in [6.07, 6.45) is 0.839. The number of anilines is 2. The third kappa shape index (κ3) is 4.03. The largest absolute Gasteiger partial charge is 0.393 e. The molecule has 0 radical (unpaired) electrons. The van der Waals surface area contributed by atoms with E-state index in [-0.39, 0.29) is 23.1 Å². The number of nitrogens with two attached hydrogens (primary N) is 1. The summed E-state index contributed by atoms with van der Waals surface area (Å²) in [7, 11) is 0. The Morgan fingerprint density at radius 3 is 2.81 bits per heavy atom. The van der Waals surface area contributed by atoms with Crippen LogP contribution in [-0.4, -0.2) is 31.9 Å². The minimum Gasteiger partial charge on any atom is -0.393 e. The molecule has 2 aromatic heterocycles. The Morgan fingerprint density at radius 2 is 2.22 bits per heavy atom. The fraction of sp³-hybridized carbons (Fsp3) is 0.412. The number of hydrogen-bond acceptors (Lipinski definition) is 6. The van der Waals surface area contributed by atoms with E-state index in [0.717, 1.165) is 0 Å². The first-order chi connectivity index (χ1) is 12.9. The lowest BCUT2D eigenvalue weighted by molar-refractivity contribution is 0.0861. The molecule has 1 aliphatic carbocycles. The van der Waals surface area contributed by atoms with Crippen LogP contribution in [-0.2, 0) is 0 Å². The Labute approximate surface area is 153 Å². The van der Waals surface area contributed by atoms with Crippen molar-refractivity contribution in [1.29, 1.82) is 5.26 Å². The van der Waals surface area contributed by atoms with Crippen LogP contribution >= 0.6 is 0 Å². The SMILES string of the molecule is N#CC1CC(O)CCC1n1cc(C(N)=O)c(Nc2ccc(C(F)F)nc2)n1. The van der Waals surface area contributed by atoms with E-state index in [0.29, 0.717) is 24.9 Å². The van der Waals surface area contributed by atoms with Crippen LogP contribution in [0.15, 0.2) is 24.5 Å². The molecule has 8 nitrogen and oxygen atoms in total. The molecule has 1 aliphatic rings. The van der Waals surface area contributed by atoms with E-state index in [4.69, 9.17) is 5.73 Å². The van der Waals surface area contributed by atoms with Crippen molar-refractivity contribution in [2.24, 2.45) is 11.7 Å². The van der Waals surface area contributed by atoms with E-state index in [1.165, 1.54) is 29.2 Å². The molecular weight excluding hydrogens is 358 g/mol. The predicted octanol–water partition coefficient (Wildman–Crippen LogP) is 2.28. The van der Waals surface area contributed by atoms with Gasteiger partial charge in [-0.3, -0.25) is 14.5 Å². The molecule has 0 aromatic carbocycles. The van der Waals surface area contributed by atoms with Gasteiger partial charge in [-0.1, -0.05) is 0 Å². The molecule has 4 N–H and O–H groups in total. The van der Waals surface area contributed by atoms with Gasteiger partial charge < -0.3 is 16.2 Å². The van der Waals surface area contributed by atoms with Gasteiger partial charge in [0.15, 0.2) is 5.82 Å². The zero-order valence-corrected chi connectivity index (χ0v) is 14.2. The van der Waals surface area contributed by atoms with Crippen LogP contribution < -0.4 is 11.1 Å². The molecule has 2 aromatic rings. The van der Waals surface area contributed by atoms with Crippen molar-refractivity contribution in [3.63, 3.8) is 0 Å². The molecule has 1 amide bonds. The van der Waals surface area contributed by atoms with E-state index in [1.807, 2.05) is 0 Å². The zero-order valence-electron chi connectivity index (χ0n) is 14.2. The normalized spacial score (nSPS) is 22.4. The number of alkyl halides is 2. The maximum Gasteiger partial charge on any atom is 0.280 e. The van der Waals surface area contributed by atoms with Crippen molar-refractivity contribution in [1.82, 2.24) is 14.8 Å². The van der Waals surface area contributed by atoms with Crippen LogP contribution in [0.5, 0.6) is 0 Å². The molecule has 1 saturated carbocycles. The molecule has 0 bridgehead atoms. The molecule has 3 atom stereocenters. The number of carbonyl (C=O) groups is 1. The highest BCUT2D eigenvalue weighted by atomic mass is 19.3. The molecule has 1 fully saturated rings. The number of primary amides is 1. The van der Waals surface area contributed by atoms with E-state index >= 15 is 0 Å². The Morgan fingerprint density at radius 1 is 1.44 bits per heavy atom. The molecule has 3 rings (SSSR count). The van der Waals surface area contributed by atoms with Crippen molar-refractivity contribution in [2.45, 2.75) is 37.8 Å². The maximum atomic E-state index is 12.6. The number of hydrogen-bond donors (Lipinski definition) is 3. The Balaban J connectivity index is 1.87. The van der Waals surface area contributed by atoms with Crippen LogP contribution in [0.2, 0.25) is 0 Å². The average Bonchev–Trinajstić information content (AvgIpc) is 3.05. The number of nitrogens with zero attached hydrogens (tertiary/aromatic N) is 4. The minimum absolute atomic E-state index is 0.107. The molecule has 0 spiro atoms. The summed E-state index contributed by atoms with van der Waals surface area (Å²) in [4.78, 5) is 15.4. The van der Waals surface area contributed by atoms with Gasteiger partial charge >= 0.3 is 0 Å². The number of rotatable bonds is 5. The van der Waals surface area contributed by atoms with E-state index < -0.39 is 24.4 Å². The highest BCUT2D eigenvalue weighted by Crippen LogP contribution is 2.34. The minimum atomic E-state index is -2.68. The first-order valence-electron chi connectivity index (χ1n) is 8.36. The Hall–Kier alpha value is -3.06. The third-order valence-electron chi connectivity index (χ3n) is 4.56. The van der Waals surface area contributed by atoms with Gasteiger partial charge in [0.25, 0.3) is 12.3 Å².